The van der Waals surface area contributed by atoms with Crippen molar-refractivity contribution in [1.82, 2.24) is 15.6 Å². The summed E-state index contributed by atoms with van der Waals surface area (Å²) in [6.45, 7) is 5.63. The van der Waals surface area contributed by atoms with E-state index in [1.807, 2.05) is 31.2 Å². The Kier molecular flexibility index (Phi) is 7.48. The zero-order valence-electron chi connectivity index (χ0n) is 15.6. The molecule has 2 aromatic rings. The molecule has 0 radical (unpaired) electrons. The van der Waals surface area contributed by atoms with E-state index in [0.717, 1.165) is 18.4 Å². The molecule has 0 spiro atoms. The Morgan fingerprint density at radius 2 is 1.85 bits per heavy atom. The number of aromatic nitrogens is 1. The van der Waals surface area contributed by atoms with Crippen LogP contribution in [0.4, 0.5) is 4.79 Å². The van der Waals surface area contributed by atoms with Crippen LogP contribution >= 0.6 is 11.3 Å². The lowest BCUT2D eigenvalue weighted by atomic mass is 10.1. The molecule has 1 aromatic heterocycles. The van der Waals surface area contributed by atoms with Crippen molar-refractivity contribution < 1.29 is 19.1 Å². The van der Waals surface area contributed by atoms with Crippen LogP contribution in [0.3, 0.4) is 0 Å². The Bertz CT molecular complexity index is 815. The number of hydrogen-bond donors (Lipinski definition) is 2. The summed E-state index contributed by atoms with van der Waals surface area (Å²) in [5.41, 5.74) is 2.69. The van der Waals surface area contributed by atoms with Crippen LogP contribution in [0.1, 0.15) is 41.2 Å². The Morgan fingerprint density at radius 1 is 1.15 bits per heavy atom. The fourth-order valence-corrected chi connectivity index (χ4v) is 3.20. The number of ether oxygens (including phenoxy) is 1. The van der Waals surface area contributed by atoms with Crippen molar-refractivity contribution >= 4 is 29.2 Å². The molecule has 1 aromatic carbocycles. The van der Waals surface area contributed by atoms with Crippen LogP contribution in [0.25, 0.3) is 10.6 Å². The first-order valence-corrected chi connectivity index (χ1v) is 9.57. The fraction of sp³-hybridized carbons (Fsp3) is 0.368. The minimum atomic E-state index is -0.686. The predicted molar refractivity (Wildman–Crippen MR) is 104 cm³/mol. The molecule has 0 fully saturated rings. The molecular weight excluding hydrogens is 366 g/mol. The number of benzene rings is 1. The molecule has 0 saturated carbocycles. The minimum absolute atomic E-state index is 0.341. The molecule has 144 valence electrons. The first-order valence-electron chi connectivity index (χ1n) is 8.76. The second kappa shape index (κ2) is 9.82. The number of amides is 3. The smallest absolute Gasteiger partial charge is 0.350 e. The van der Waals surface area contributed by atoms with Gasteiger partial charge in [-0.25, -0.2) is 14.6 Å². The SMILES string of the molecule is CCCNC(=O)NC(=O)COC(=O)c1sc(-c2ccc(CC)cc2)nc1C. The number of imide groups is 1. The number of thiazole rings is 1. The fourth-order valence-electron chi connectivity index (χ4n) is 2.23. The molecule has 2 rings (SSSR count). The third-order valence-corrected chi connectivity index (χ3v) is 4.90. The van der Waals surface area contributed by atoms with Crippen molar-refractivity contribution in [2.45, 2.75) is 33.6 Å². The number of carbonyl (C=O) groups is 3. The highest BCUT2D eigenvalue weighted by Crippen LogP contribution is 2.28. The van der Waals surface area contributed by atoms with Gasteiger partial charge < -0.3 is 10.1 Å². The highest BCUT2D eigenvalue weighted by molar-refractivity contribution is 7.17. The Balaban J connectivity index is 1.95. The van der Waals surface area contributed by atoms with Crippen LogP contribution in [0.15, 0.2) is 24.3 Å². The molecule has 7 nitrogen and oxygen atoms in total. The van der Waals surface area contributed by atoms with Crippen molar-refractivity contribution in [1.29, 1.82) is 0 Å². The molecule has 0 aliphatic rings. The molecule has 3 amide bonds. The average molecular weight is 389 g/mol. The van der Waals surface area contributed by atoms with Crippen LogP contribution in [-0.2, 0) is 16.0 Å². The average Bonchev–Trinajstić information content (AvgIpc) is 3.06. The Hall–Kier alpha value is -2.74. The number of carbonyl (C=O) groups excluding carboxylic acids is 3. The molecule has 0 atom stereocenters. The second-order valence-electron chi connectivity index (χ2n) is 5.86. The number of urea groups is 1. The molecular formula is C19H23N3O4S. The van der Waals surface area contributed by atoms with Gasteiger partial charge in [0.05, 0.1) is 5.69 Å². The lowest BCUT2D eigenvalue weighted by Crippen LogP contribution is -2.41. The predicted octanol–water partition coefficient (Wildman–Crippen LogP) is 3.07. The van der Waals surface area contributed by atoms with E-state index in [4.69, 9.17) is 4.74 Å². The molecule has 2 N–H and O–H groups in total. The molecule has 8 heteroatoms. The Morgan fingerprint density at radius 3 is 2.48 bits per heavy atom. The standard InChI is InChI=1S/C19H23N3O4S/c1-4-10-20-19(25)22-15(23)11-26-18(24)16-12(3)21-17(27-16)14-8-6-13(5-2)7-9-14/h6-9H,4-5,10-11H2,1-3H3,(H2,20,22,23,25). The van der Waals surface area contributed by atoms with E-state index in [1.165, 1.54) is 16.9 Å². The van der Waals surface area contributed by atoms with Gasteiger partial charge >= 0.3 is 12.0 Å². The van der Waals surface area contributed by atoms with Gasteiger partial charge in [0.15, 0.2) is 6.61 Å². The van der Waals surface area contributed by atoms with E-state index in [1.54, 1.807) is 6.92 Å². The number of aryl methyl sites for hydroxylation is 2. The van der Waals surface area contributed by atoms with Crippen LogP contribution in [0, 0.1) is 6.92 Å². The van der Waals surface area contributed by atoms with Gasteiger partial charge in [0.2, 0.25) is 0 Å². The molecule has 27 heavy (non-hydrogen) atoms. The van der Waals surface area contributed by atoms with Gasteiger partial charge in [-0.1, -0.05) is 38.1 Å². The molecule has 0 aliphatic heterocycles. The van der Waals surface area contributed by atoms with Gasteiger partial charge in [-0.05, 0) is 25.3 Å². The van der Waals surface area contributed by atoms with E-state index in [2.05, 4.69) is 22.5 Å². The van der Waals surface area contributed by atoms with E-state index < -0.39 is 24.5 Å². The largest absolute Gasteiger partial charge is 0.451 e. The lowest BCUT2D eigenvalue weighted by molar-refractivity contribution is -0.123. The third kappa shape index (κ3) is 5.89. The number of nitrogens with zero attached hydrogens (tertiary/aromatic N) is 1. The van der Waals surface area contributed by atoms with Gasteiger partial charge in [-0.3, -0.25) is 10.1 Å². The molecule has 0 unspecified atom stereocenters. The highest BCUT2D eigenvalue weighted by Gasteiger charge is 2.19. The summed E-state index contributed by atoms with van der Waals surface area (Å²) in [5, 5.41) is 5.31. The van der Waals surface area contributed by atoms with Gasteiger partial charge in [0, 0.05) is 12.1 Å². The zero-order chi connectivity index (χ0) is 19.8. The summed E-state index contributed by atoms with van der Waals surface area (Å²) < 4.78 is 5.00. The second-order valence-corrected chi connectivity index (χ2v) is 6.86. The first-order chi connectivity index (χ1) is 12.9. The third-order valence-electron chi connectivity index (χ3n) is 3.71. The van der Waals surface area contributed by atoms with Crippen molar-refractivity contribution in [2.75, 3.05) is 13.2 Å². The summed E-state index contributed by atoms with van der Waals surface area (Å²) in [5.74, 6) is -1.32. The first kappa shape index (κ1) is 20.6. The van der Waals surface area contributed by atoms with Crippen molar-refractivity contribution in [2.24, 2.45) is 0 Å². The van der Waals surface area contributed by atoms with E-state index in [-0.39, 0.29) is 0 Å². The normalized spacial score (nSPS) is 10.3. The summed E-state index contributed by atoms with van der Waals surface area (Å²) in [7, 11) is 0. The molecule has 1 heterocycles. The topological polar surface area (TPSA) is 97.4 Å². The number of rotatable bonds is 7. The highest BCUT2D eigenvalue weighted by atomic mass is 32.1. The van der Waals surface area contributed by atoms with Crippen LogP contribution in [0.5, 0.6) is 0 Å². The summed E-state index contributed by atoms with van der Waals surface area (Å²) >= 11 is 1.21. The van der Waals surface area contributed by atoms with E-state index >= 15 is 0 Å². The maximum Gasteiger partial charge on any atom is 0.350 e. The van der Waals surface area contributed by atoms with Gasteiger partial charge in [0.25, 0.3) is 5.91 Å². The minimum Gasteiger partial charge on any atom is -0.451 e. The van der Waals surface area contributed by atoms with E-state index in [0.29, 0.717) is 22.1 Å². The molecule has 0 saturated heterocycles. The molecule has 0 bridgehead atoms. The van der Waals surface area contributed by atoms with Gasteiger partial charge in [-0.15, -0.1) is 11.3 Å². The summed E-state index contributed by atoms with van der Waals surface area (Å²) in [6.07, 6.45) is 1.71. The lowest BCUT2D eigenvalue weighted by Gasteiger charge is -2.06. The van der Waals surface area contributed by atoms with E-state index in [9.17, 15) is 14.4 Å². The van der Waals surface area contributed by atoms with Crippen molar-refractivity contribution in [3.8, 4) is 10.6 Å². The summed E-state index contributed by atoms with van der Waals surface area (Å²) in [4.78, 5) is 40.1. The van der Waals surface area contributed by atoms with Crippen LogP contribution in [-0.4, -0.2) is 36.0 Å². The maximum atomic E-state index is 12.2. The maximum absolute atomic E-state index is 12.2. The van der Waals surface area contributed by atoms with Gasteiger partial charge in [0.1, 0.15) is 9.88 Å². The number of esters is 1. The van der Waals surface area contributed by atoms with Gasteiger partial charge in [-0.2, -0.15) is 0 Å². The Labute approximate surface area is 162 Å². The zero-order valence-corrected chi connectivity index (χ0v) is 16.4. The van der Waals surface area contributed by atoms with Crippen molar-refractivity contribution in [3.63, 3.8) is 0 Å². The number of hydrogen-bond acceptors (Lipinski definition) is 6. The van der Waals surface area contributed by atoms with Crippen LogP contribution in [0.2, 0.25) is 0 Å². The quantitative estimate of drug-likeness (QED) is 0.709. The number of nitrogens with one attached hydrogen (secondary N) is 2. The summed E-state index contributed by atoms with van der Waals surface area (Å²) in [6, 6.07) is 7.38. The van der Waals surface area contributed by atoms with Crippen molar-refractivity contribution in [3.05, 3.63) is 40.4 Å². The molecule has 0 aliphatic carbocycles. The van der Waals surface area contributed by atoms with Crippen LogP contribution < -0.4 is 10.6 Å². The monoisotopic (exact) mass is 389 g/mol.